The normalized spacial score (nSPS) is 17.0. The summed E-state index contributed by atoms with van der Waals surface area (Å²) in [6.07, 6.45) is 0. The molecule has 186 valence electrons. The van der Waals surface area contributed by atoms with E-state index >= 15 is 0 Å². The molecule has 0 aromatic heterocycles. The Hall–Kier alpha value is -4.10. The zero-order valence-corrected chi connectivity index (χ0v) is 20.7. The molecular weight excluding hydrogens is 456 g/mol. The fraction of sp³-hybridized carbons (Fsp3) is 0.241. The van der Waals surface area contributed by atoms with E-state index in [-0.39, 0.29) is 11.3 Å². The van der Waals surface area contributed by atoms with Crippen LogP contribution in [0.2, 0.25) is 0 Å². The van der Waals surface area contributed by atoms with Gasteiger partial charge in [-0.3, -0.25) is 9.59 Å². The second kappa shape index (κ2) is 11.1. The molecule has 1 saturated heterocycles. The van der Waals surface area contributed by atoms with Gasteiger partial charge in [-0.2, -0.15) is 0 Å². The lowest BCUT2D eigenvalue weighted by Gasteiger charge is -2.26. The first-order chi connectivity index (χ1) is 17.4. The molecule has 36 heavy (non-hydrogen) atoms. The highest BCUT2D eigenvalue weighted by Gasteiger charge is 2.46. The number of benzene rings is 3. The minimum atomic E-state index is -0.738. The molecule has 1 N–H and O–H groups in total. The molecule has 7 nitrogen and oxygen atoms in total. The number of hydrogen-bond acceptors (Lipinski definition) is 6. The van der Waals surface area contributed by atoms with Crippen molar-refractivity contribution in [2.45, 2.75) is 12.6 Å². The van der Waals surface area contributed by atoms with Crippen molar-refractivity contribution in [2.24, 2.45) is 0 Å². The lowest BCUT2D eigenvalue weighted by Crippen LogP contribution is -2.35. The Morgan fingerprint density at radius 1 is 0.944 bits per heavy atom. The fourth-order valence-electron chi connectivity index (χ4n) is 4.24. The molecule has 3 aromatic rings. The number of likely N-dealkylation sites (N-methyl/N-ethyl adjacent to an activating group) is 1. The fourth-order valence-corrected chi connectivity index (χ4v) is 4.24. The first-order valence-electron chi connectivity index (χ1n) is 11.7. The Morgan fingerprint density at radius 3 is 2.28 bits per heavy atom. The Morgan fingerprint density at radius 2 is 1.61 bits per heavy atom. The van der Waals surface area contributed by atoms with Crippen LogP contribution >= 0.6 is 0 Å². The highest BCUT2D eigenvalue weighted by Crippen LogP contribution is 2.41. The minimum Gasteiger partial charge on any atom is -0.507 e. The highest BCUT2D eigenvalue weighted by molar-refractivity contribution is 6.46. The van der Waals surface area contributed by atoms with Crippen molar-refractivity contribution < 1.29 is 24.2 Å². The van der Waals surface area contributed by atoms with E-state index in [0.29, 0.717) is 42.3 Å². The first-order valence-corrected chi connectivity index (χ1v) is 11.7. The van der Waals surface area contributed by atoms with Gasteiger partial charge in [0.25, 0.3) is 11.7 Å². The van der Waals surface area contributed by atoms with Gasteiger partial charge < -0.3 is 24.4 Å². The molecule has 1 aliphatic heterocycles. The van der Waals surface area contributed by atoms with Gasteiger partial charge in [0.05, 0.1) is 24.3 Å². The number of ketones is 1. The van der Waals surface area contributed by atoms with E-state index in [1.165, 1.54) is 12.0 Å². The summed E-state index contributed by atoms with van der Waals surface area (Å²) in [4.78, 5) is 29.7. The van der Waals surface area contributed by atoms with Crippen molar-refractivity contribution in [3.63, 3.8) is 0 Å². The highest BCUT2D eigenvalue weighted by atomic mass is 16.5. The summed E-state index contributed by atoms with van der Waals surface area (Å²) in [5, 5.41) is 11.3. The number of ether oxygens (including phenoxy) is 2. The summed E-state index contributed by atoms with van der Waals surface area (Å²) in [5.74, 6) is -0.530. The zero-order chi connectivity index (χ0) is 25.7. The second-order valence-electron chi connectivity index (χ2n) is 8.84. The van der Waals surface area contributed by atoms with Gasteiger partial charge in [-0.25, -0.2) is 0 Å². The zero-order valence-electron chi connectivity index (χ0n) is 20.7. The Balaban J connectivity index is 1.71. The van der Waals surface area contributed by atoms with Crippen LogP contribution in [0.5, 0.6) is 11.5 Å². The Labute approximate surface area is 211 Å². The van der Waals surface area contributed by atoms with Crippen molar-refractivity contribution in [3.05, 3.63) is 101 Å². The standard InChI is InChI=1S/C29H30N2O5/c1-30(2)17-18-31-26(21-13-15-22(16-14-21)36-19-20-9-5-4-6-10-20)25(28(33)29(31)34)27(32)23-11-7-8-12-24(23)35-3/h4-16,26,32H,17-19H2,1-3H3/b27-25-. The van der Waals surface area contributed by atoms with Gasteiger partial charge >= 0.3 is 0 Å². The van der Waals surface area contributed by atoms with Crippen molar-refractivity contribution in [2.75, 3.05) is 34.3 Å². The van der Waals surface area contributed by atoms with E-state index in [1.54, 1.807) is 24.3 Å². The number of methoxy groups -OCH3 is 1. The van der Waals surface area contributed by atoms with Crippen LogP contribution in [-0.4, -0.2) is 60.9 Å². The monoisotopic (exact) mass is 486 g/mol. The van der Waals surface area contributed by atoms with Gasteiger partial charge in [-0.05, 0) is 49.5 Å². The number of aliphatic hydroxyl groups is 1. The molecule has 1 heterocycles. The van der Waals surface area contributed by atoms with Crippen LogP contribution in [0.3, 0.4) is 0 Å². The summed E-state index contributed by atoms with van der Waals surface area (Å²) >= 11 is 0. The van der Waals surface area contributed by atoms with Crippen LogP contribution < -0.4 is 9.47 Å². The quantitative estimate of drug-likeness (QED) is 0.277. The molecule has 7 heteroatoms. The number of carbonyl (C=O) groups is 2. The number of aliphatic hydroxyl groups excluding tert-OH is 1. The number of hydrogen-bond donors (Lipinski definition) is 1. The van der Waals surface area contributed by atoms with Gasteiger partial charge in [-0.1, -0.05) is 54.6 Å². The molecule has 1 atom stereocenters. The number of amides is 1. The summed E-state index contributed by atoms with van der Waals surface area (Å²) in [5.41, 5.74) is 2.16. The average Bonchev–Trinajstić information content (AvgIpc) is 3.16. The van der Waals surface area contributed by atoms with E-state index in [4.69, 9.17) is 9.47 Å². The van der Waals surface area contributed by atoms with Crippen molar-refractivity contribution in [1.82, 2.24) is 9.80 Å². The Bertz CT molecular complexity index is 1250. The molecule has 1 amide bonds. The van der Waals surface area contributed by atoms with Crippen LogP contribution in [0, 0.1) is 0 Å². The molecule has 1 aliphatic rings. The average molecular weight is 487 g/mol. The first kappa shape index (κ1) is 25.0. The predicted octanol–water partition coefficient (Wildman–Crippen LogP) is 4.26. The van der Waals surface area contributed by atoms with E-state index in [9.17, 15) is 14.7 Å². The number of likely N-dealkylation sites (tertiary alicyclic amines) is 1. The predicted molar refractivity (Wildman–Crippen MR) is 138 cm³/mol. The SMILES string of the molecule is COc1ccccc1/C(O)=C1/C(=O)C(=O)N(CCN(C)C)C1c1ccc(OCc2ccccc2)cc1. The second-order valence-corrected chi connectivity index (χ2v) is 8.84. The smallest absolute Gasteiger partial charge is 0.295 e. The van der Waals surface area contributed by atoms with Gasteiger partial charge in [0.15, 0.2) is 0 Å². The van der Waals surface area contributed by atoms with Crippen molar-refractivity contribution in [3.8, 4) is 11.5 Å². The number of carbonyl (C=O) groups excluding carboxylic acids is 2. The van der Waals surface area contributed by atoms with Crippen LogP contribution in [0.15, 0.2) is 84.4 Å². The van der Waals surface area contributed by atoms with E-state index in [0.717, 1.165) is 5.56 Å². The van der Waals surface area contributed by atoms with Gasteiger partial charge in [0.2, 0.25) is 0 Å². The molecule has 0 radical (unpaired) electrons. The summed E-state index contributed by atoms with van der Waals surface area (Å²) in [7, 11) is 5.30. The number of para-hydroxylation sites is 1. The maximum absolute atomic E-state index is 13.2. The molecule has 0 aliphatic carbocycles. The lowest BCUT2D eigenvalue weighted by molar-refractivity contribution is -0.140. The topological polar surface area (TPSA) is 79.3 Å². The number of rotatable bonds is 9. The van der Waals surface area contributed by atoms with E-state index in [2.05, 4.69) is 0 Å². The van der Waals surface area contributed by atoms with Crippen molar-refractivity contribution in [1.29, 1.82) is 0 Å². The molecule has 1 fully saturated rings. The molecule has 0 spiro atoms. The third-order valence-corrected chi connectivity index (χ3v) is 6.13. The minimum absolute atomic E-state index is 0.0428. The van der Waals surface area contributed by atoms with Gasteiger partial charge in [-0.15, -0.1) is 0 Å². The number of nitrogens with zero attached hydrogens (tertiary/aromatic N) is 2. The Kier molecular flexibility index (Phi) is 7.71. The third kappa shape index (κ3) is 5.26. The van der Waals surface area contributed by atoms with Gasteiger partial charge in [0.1, 0.15) is 23.9 Å². The van der Waals surface area contributed by atoms with Gasteiger partial charge in [0, 0.05) is 13.1 Å². The van der Waals surface area contributed by atoms with E-state index < -0.39 is 17.7 Å². The summed E-state index contributed by atoms with van der Waals surface area (Å²) in [6, 6.07) is 23.3. The maximum atomic E-state index is 13.2. The number of Topliss-reactive ketones (excluding diaryl/α,β-unsaturated/α-hetero) is 1. The third-order valence-electron chi connectivity index (χ3n) is 6.13. The molecular formula is C29H30N2O5. The largest absolute Gasteiger partial charge is 0.507 e. The molecule has 0 bridgehead atoms. The molecule has 0 saturated carbocycles. The summed E-state index contributed by atoms with van der Waals surface area (Å²) < 4.78 is 11.3. The van der Waals surface area contributed by atoms with Crippen LogP contribution in [0.1, 0.15) is 22.7 Å². The van der Waals surface area contributed by atoms with Crippen molar-refractivity contribution >= 4 is 17.4 Å². The molecule has 4 rings (SSSR count). The molecule has 1 unspecified atom stereocenters. The van der Waals surface area contributed by atoms with E-state index in [1.807, 2.05) is 73.6 Å². The molecule has 3 aromatic carbocycles. The van der Waals surface area contributed by atoms with Crippen LogP contribution in [0.4, 0.5) is 0 Å². The maximum Gasteiger partial charge on any atom is 0.295 e. The van der Waals surface area contributed by atoms with Crippen LogP contribution in [0.25, 0.3) is 5.76 Å². The summed E-state index contributed by atoms with van der Waals surface area (Å²) in [6.45, 7) is 1.32. The lowest BCUT2D eigenvalue weighted by atomic mass is 9.95. The van der Waals surface area contributed by atoms with Crippen LogP contribution in [-0.2, 0) is 16.2 Å².